The van der Waals surface area contributed by atoms with Crippen LogP contribution in [0.5, 0.6) is 5.75 Å². The zero-order valence-corrected chi connectivity index (χ0v) is 19.3. The van der Waals surface area contributed by atoms with Gasteiger partial charge in [0.15, 0.2) is 0 Å². The molecule has 2 aromatic carbocycles. The van der Waals surface area contributed by atoms with Gasteiger partial charge in [-0.15, -0.1) is 0 Å². The van der Waals surface area contributed by atoms with E-state index in [9.17, 15) is 14.7 Å². The molecule has 2 N–H and O–H groups in total. The van der Waals surface area contributed by atoms with Crippen molar-refractivity contribution in [3.8, 4) is 5.75 Å². The Kier molecular flexibility index (Phi) is 6.54. The number of aromatic hydroxyl groups is 1. The third kappa shape index (κ3) is 4.72. The molecule has 5 rings (SSSR count). The fraction of sp³-hybridized carbons (Fsp3) is 0.556. The number of rotatable bonds is 5. The molecule has 1 atom stereocenters. The first kappa shape index (κ1) is 22.2. The molecular formula is C27H35N3O3. The number of nitrogens with zero attached hydrogens (tertiary/aromatic N) is 2. The summed E-state index contributed by atoms with van der Waals surface area (Å²) < 4.78 is 0. The Morgan fingerprint density at radius 2 is 1.67 bits per heavy atom. The summed E-state index contributed by atoms with van der Waals surface area (Å²) in [6, 6.07) is 10.7. The van der Waals surface area contributed by atoms with Crippen LogP contribution in [0.2, 0.25) is 0 Å². The third-order valence-corrected chi connectivity index (χ3v) is 7.87. The van der Waals surface area contributed by atoms with Crippen molar-refractivity contribution in [3.05, 3.63) is 42.0 Å². The number of phenols is 1. The van der Waals surface area contributed by atoms with Crippen molar-refractivity contribution >= 4 is 22.6 Å². The maximum absolute atomic E-state index is 13.3. The van der Waals surface area contributed by atoms with Gasteiger partial charge in [0.05, 0.1) is 5.56 Å². The average Bonchev–Trinajstić information content (AvgIpc) is 3.53. The molecule has 0 radical (unpaired) electrons. The molecule has 3 fully saturated rings. The van der Waals surface area contributed by atoms with E-state index in [2.05, 4.69) is 10.2 Å². The summed E-state index contributed by atoms with van der Waals surface area (Å²) >= 11 is 0. The highest BCUT2D eigenvalue weighted by Gasteiger charge is 2.36. The lowest BCUT2D eigenvalue weighted by atomic mass is 10.0. The fourth-order valence-electron chi connectivity index (χ4n) is 5.98. The zero-order valence-electron chi connectivity index (χ0n) is 19.3. The lowest BCUT2D eigenvalue weighted by Gasteiger charge is -2.35. The van der Waals surface area contributed by atoms with E-state index >= 15 is 0 Å². The molecular weight excluding hydrogens is 414 g/mol. The highest BCUT2D eigenvalue weighted by Crippen LogP contribution is 2.31. The molecule has 2 amide bonds. The van der Waals surface area contributed by atoms with E-state index in [1.807, 2.05) is 30.3 Å². The number of carbonyl (C=O) groups is 2. The number of hydrogen-bond donors (Lipinski definition) is 2. The Morgan fingerprint density at radius 1 is 0.909 bits per heavy atom. The number of nitrogens with one attached hydrogen (secondary N) is 1. The van der Waals surface area contributed by atoms with Gasteiger partial charge in [-0.3, -0.25) is 9.59 Å². The molecule has 2 aromatic rings. The first-order valence-corrected chi connectivity index (χ1v) is 12.6. The molecule has 0 spiro atoms. The van der Waals surface area contributed by atoms with Gasteiger partial charge in [-0.1, -0.05) is 43.2 Å². The topological polar surface area (TPSA) is 72.9 Å². The van der Waals surface area contributed by atoms with Gasteiger partial charge < -0.3 is 20.2 Å². The summed E-state index contributed by atoms with van der Waals surface area (Å²) in [4.78, 5) is 30.7. The summed E-state index contributed by atoms with van der Waals surface area (Å²) in [7, 11) is 0. The van der Waals surface area contributed by atoms with Crippen molar-refractivity contribution in [2.24, 2.45) is 5.92 Å². The number of phenolic OH excluding ortho intramolecular Hbond substituents is 1. The van der Waals surface area contributed by atoms with E-state index < -0.39 is 6.04 Å². The Morgan fingerprint density at radius 3 is 2.45 bits per heavy atom. The number of hydrogen-bond acceptors (Lipinski definition) is 4. The van der Waals surface area contributed by atoms with Crippen LogP contribution in [0.15, 0.2) is 36.4 Å². The van der Waals surface area contributed by atoms with Gasteiger partial charge in [0.25, 0.3) is 5.91 Å². The van der Waals surface area contributed by atoms with E-state index in [1.54, 1.807) is 11.0 Å². The lowest BCUT2D eigenvalue weighted by Crippen LogP contribution is -2.51. The highest BCUT2D eigenvalue weighted by atomic mass is 16.3. The number of carbonyl (C=O) groups excluding carboxylic acids is 2. The van der Waals surface area contributed by atoms with Crippen molar-refractivity contribution in [1.82, 2.24) is 15.1 Å². The van der Waals surface area contributed by atoms with Crippen LogP contribution in [-0.2, 0) is 4.79 Å². The number of benzene rings is 2. The van der Waals surface area contributed by atoms with Gasteiger partial charge in [-0.05, 0) is 55.9 Å². The molecule has 6 nitrogen and oxygen atoms in total. The third-order valence-electron chi connectivity index (χ3n) is 7.87. The summed E-state index contributed by atoms with van der Waals surface area (Å²) in [5.74, 6) is 0.553. The van der Waals surface area contributed by atoms with Crippen LogP contribution >= 0.6 is 0 Å². The average molecular weight is 450 g/mol. The van der Waals surface area contributed by atoms with E-state index in [0.29, 0.717) is 18.4 Å². The number of fused-ring (bicyclic) bond motifs is 1. The normalized spacial score (nSPS) is 22.8. The van der Waals surface area contributed by atoms with Gasteiger partial charge in [-0.2, -0.15) is 0 Å². The molecule has 3 aliphatic rings. The molecule has 1 saturated carbocycles. The van der Waals surface area contributed by atoms with Crippen molar-refractivity contribution < 1.29 is 14.7 Å². The van der Waals surface area contributed by atoms with Crippen molar-refractivity contribution in [3.63, 3.8) is 0 Å². The number of likely N-dealkylation sites (tertiary alicyclic amines) is 2. The van der Waals surface area contributed by atoms with Crippen molar-refractivity contribution in [1.29, 1.82) is 0 Å². The monoisotopic (exact) mass is 449 g/mol. The quantitative estimate of drug-likeness (QED) is 0.726. The molecule has 33 heavy (non-hydrogen) atoms. The van der Waals surface area contributed by atoms with E-state index in [-0.39, 0.29) is 29.2 Å². The molecule has 0 aromatic heterocycles. The second-order valence-corrected chi connectivity index (χ2v) is 10.1. The smallest absolute Gasteiger partial charge is 0.258 e. The minimum Gasteiger partial charge on any atom is -0.506 e. The van der Waals surface area contributed by atoms with Gasteiger partial charge in [0.2, 0.25) is 5.91 Å². The Bertz CT molecular complexity index is 1010. The maximum Gasteiger partial charge on any atom is 0.258 e. The summed E-state index contributed by atoms with van der Waals surface area (Å²) in [6.45, 7) is 3.84. The van der Waals surface area contributed by atoms with Crippen LogP contribution in [0.3, 0.4) is 0 Å². The van der Waals surface area contributed by atoms with Crippen LogP contribution in [0, 0.1) is 5.92 Å². The standard InChI is InChI=1S/C27H35N3O3/c31-25-22-9-4-3-8-20(22)11-12-23(25)27(33)30-15-5-10-24(30)26(32)28-21-13-16-29(17-14-21)18-19-6-1-2-7-19/h3-4,8-9,11-12,19,21,24,31H,1-2,5-7,10,13-18H2,(H,28,32). The molecule has 6 heteroatoms. The highest BCUT2D eigenvalue weighted by molar-refractivity contribution is 6.05. The number of amides is 2. The SMILES string of the molecule is O=C(NC1CCN(CC2CCCC2)CC1)C1CCCN1C(=O)c1ccc2ccccc2c1O. The Labute approximate surface area is 195 Å². The Hall–Kier alpha value is -2.60. The van der Waals surface area contributed by atoms with Gasteiger partial charge in [-0.25, -0.2) is 0 Å². The summed E-state index contributed by atoms with van der Waals surface area (Å²) in [6.07, 6.45) is 8.93. The second kappa shape index (κ2) is 9.72. The molecule has 1 aliphatic carbocycles. The summed E-state index contributed by atoms with van der Waals surface area (Å²) in [5, 5.41) is 15.5. The molecule has 1 unspecified atom stereocenters. The zero-order chi connectivity index (χ0) is 22.8. The fourth-order valence-corrected chi connectivity index (χ4v) is 5.98. The van der Waals surface area contributed by atoms with Gasteiger partial charge in [0, 0.05) is 37.6 Å². The van der Waals surface area contributed by atoms with Crippen LogP contribution < -0.4 is 5.32 Å². The molecule has 176 valence electrons. The van der Waals surface area contributed by atoms with Crippen molar-refractivity contribution in [2.45, 2.75) is 63.5 Å². The predicted octanol–water partition coefficient (Wildman–Crippen LogP) is 3.92. The minimum absolute atomic E-state index is 0.00112. The molecule has 2 saturated heterocycles. The largest absolute Gasteiger partial charge is 0.506 e. The van der Waals surface area contributed by atoms with Crippen LogP contribution in [0.4, 0.5) is 0 Å². The van der Waals surface area contributed by atoms with Gasteiger partial charge in [0.1, 0.15) is 11.8 Å². The summed E-state index contributed by atoms with van der Waals surface area (Å²) in [5.41, 5.74) is 0.272. The lowest BCUT2D eigenvalue weighted by molar-refractivity contribution is -0.125. The van der Waals surface area contributed by atoms with Gasteiger partial charge >= 0.3 is 0 Å². The minimum atomic E-state index is -0.458. The molecule has 2 aliphatic heterocycles. The number of piperidine rings is 1. The van der Waals surface area contributed by atoms with Crippen LogP contribution in [-0.4, -0.2) is 65.0 Å². The second-order valence-electron chi connectivity index (χ2n) is 10.1. The first-order valence-electron chi connectivity index (χ1n) is 12.6. The Balaban J connectivity index is 1.19. The van der Waals surface area contributed by atoms with Crippen LogP contribution in [0.25, 0.3) is 10.8 Å². The van der Waals surface area contributed by atoms with E-state index in [1.165, 1.54) is 32.2 Å². The van der Waals surface area contributed by atoms with E-state index in [0.717, 1.165) is 43.7 Å². The molecule has 2 heterocycles. The molecule has 0 bridgehead atoms. The van der Waals surface area contributed by atoms with E-state index in [4.69, 9.17) is 0 Å². The van der Waals surface area contributed by atoms with Crippen molar-refractivity contribution in [2.75, 3.05) is 26.2 Å². The predicted molar refractivity (Wildman–Crippen MR) is 129 cm³/mol. The first-order chi connectivity index (χ1) is 16.1. The van der Waals surface area contributed by atoms with Crippen LogP contribution in [0.1, 0.15) is 61.7 Å². The maximum atomic E-state index is 13.3.